The number of nitrogens with one attached hydrogen (secondary N) is 1. The van der Waals surface area contributed by atoms with Crippen LogP contribution in [0, 0.1) is 0 Å². The summed E-state index contributed by atoms with van der Waals surface area (Å²) in [5.74, 6) is 0.711. The van der Waals surface area contributed by atoms with Crippen molar-refractivity contribution < 1.29 is 0 Å². The molecule has 0 bridgehead atoms. The molecule has 1 saturated heterocycles. The molecular weight excluding hydrogens is 264 g/mol. The Hall–Kier alpha value is -2.21. The average Bonchev–Trinajstić information content (AvgIpc) is 2.98. The largest absolute Gasteiger partial charge is 0.350 e. The zero-order valence-electron chi connectivity index (χ0n) is 12.0. The smallest absolute Gasteiger partial charge is 0.247 e. The highest BCUT2D eigenvalue weighted by Crippen LogP contribution is 2.16. The minimum absolute atomic E-state index is 0.416. The molecule has 0 radical (unpaired) electrons. The van der Waals surface area contributed by atoms with Gasteiger partial charge >= 0.3 is 0 Å². The molecule has 3 rings (SSSR count). The Morgan fingerprint density at radius 1 is 1.24 bits per heavy atom. The summed E-state index contributed by atoms with van der Waals surface area (Å²) in [4.78, 5) is 2.41. The summed E-state index contributed by atoms with van der Waals surface area (Å²) >= 11 is 0. The summed E-state index contributed by atoms with van der Waals surface area (Å²) in [6, 6.07) is 10.3. The third kappa shape index (κ3) is 3.28. The third-order valence-electron chi connectivity index (χ3n) is 3.78. The molecule has 0 saturated carbocycles. The summed E-state index contributed by atoms with van der Waals surface area (Å²) in [5, 5.41) is 15.4. The van der Waals surface area contributed by atoms with Crippen LogP contribution in [0.25, 0.3) is 5.69 Å². The van der Waals surface area contributed by atoms with Gasteiger partial charge in [0.25, 0.3) is 0 Å². The fourth-order valence-electron chi connectivity index (χ4n) is 2.65. The van der Waals surface area contributed by atoms with E-state index in [1.165, 1.54) is 0 Å². The van der Waals surface area contributed by atoms with E-state index >= 15 is 0 Å². The number of aromatic nitrogens is 4. The molecule has 0 amide bonds. The first-order valence-electron chi connectivity index (χ1n) is 7.30. The van der Waals surface area contributed by atoms with Crippen molar-refractivity contribution in [3.05, 3.63) is 43.0 Å². The monoisotopic (exact) mass is 284 g/mol. The number of likely N-dealkylation sites (tertiary alicyclic amines) is 1. The second-order valence-electron chi connectivity index (χ2n) is 5.26. The van der Waals surface area contributed by atoms with E-state index in [1.54, 1.807) is 4.68 Å². The van der Waals surface area contributed by atoms with Crippen LogP contribution in [0.15, 0.2) is 43.0 Å². The lowest BCUT2D eigenvalue weighted by atomic mass is 10.1. The number of anilines is 1. The third-order valence-corrected chi connectivity index (χ3v) is 3.78. The fourth-order valence-corrected chi connectivity index (χ4v) is 2.65. The van der Waals surface area contributed by atoms with E-state index in [2.05, 4.69) is 32.3 Å². The van der Waals surface area contributed by atoms with Crippen molar-refractivity contribution >= 4 is 5.95 Å². The highest BCUT2D eigenvalue weighted by Gasteiger charge is 2.20. The van der Waals surface area contributed by atoms with Gasteiger partial charge in [0.2, 0.25) is 5.95 Å². The van der Waals surface area contributed by atoms with E-state index in [-0.39, 0.29) is 0 Å². The lowest BCUT2D eigenvalue weighted by Gasteiger charge is -2.31. The van der Waals surface area contributed by atoms with Gasteiger partial charge in [-0.25, -0.2) is 0 Å². The normalized spacial score (nSPS) is 16.8. The quantitative estimate of drug-likeness (QED) is 0.847. The number of tetrazole rings is 1. The van der Waals surface area contributed by atoms with Crippen LogP contribution in [0.3, 0.4) is 0 Å². The lowest BCUT2D eigenvalue weighted by molar-refractivity contribution is 0.240. The van der Waals surface area contributed by atoms with E-state index in [9.17, 15) is 0 Å². The summed E-state index contributed by atoms with van der Waals surface area (Å²) < 4.78 is 1.75. The molecule has 2 heterocycles. The van der Waals surface area contributed by atoms with Crippen molar-refractivity contribution in [2.24, 2.45) is 0 Å². The molecule has 1 aliphatic rings. The molecule has 1 aliphatic heterocycles. The van der Waals surface area contributed by atoms with Crippen LogP contribution in [0.5, 0.6) is 0 Å². The van der Waals surface area contributed by atoms with E-state index in [0.717, 1.165) is 38.2 Å². The van der Waals surface area contributed by atoms with Crippen LogP contribution >= 0.6 is 0 Å². The van der Waals surface area contributed by atoms with E-state index in [4.69, 9.17) is 0 Å². The Kier molecular flexibility index (Phi) is 4.25. The molecule has 6 heteroatoms. The standard InChI is InChI=1S/C15H20N6/c1-2-10-20-11-8-13(9-12-20)16-15-17-18-19-21(15)14-6-4-3-5-7-14/h2-7,13H,1,8-12H2,(H,16,17,19). The van der Waals surface area contributed by atoms with Crippen molar-refractivity contribution in [1.82, 2.24) is 25.1 Å². The van der Waals surface area contributed by atoms with Crippen LogP contribution in [0.4, 0.5) is 5.95 Å². The number of nitrogens with zero attached hydrogens (tertiary/aromatic N) is 5. The van der Waals surface area contributed by atoms with Crippen molar-refractivity contribution in [3.8, 4) is 5.69 Å². The predicted molar refractivity (Wildman–Crippen MR) is 82.4 cm³/mol. The number of para-hydroxylation sites is 1. The SMILES string of the molecule is C=CCN1CCC(Nc2nnnn2-c2ccccc2)CC1. The number of rotatable bonds is 5. The maximum atomic E-state index is 4.10. The van der Waals surface area contributed by atoms with Crippen LogP contribution in [-0.2, 0) is 0 Å². The van der Waals surface area contributed by atoms with Crippen LogP contribution in [0.1, 0.15) is 12.8 Å². The summed E-state index contributed by atoms with van der Waals surface area (Å²) in [7, 11) is 0. The molecule has 0 aliphatic carbocycles. The Bertz CT molecular complexity index is 571. The lowest BCUT2D eigenvalue weighted by Crippen LogP contribution is -2.39. The van der Waals surface area contributed by atoms with E-state index in [1.807, 2.05) is 36.4 Å². The molecule has 1 N–H and O–H groups in total. The van der Waals surface area contributed by atoms with Crippen LogP contribution in [-0.4, -0.2) is 50.8 Å². The van der Waals surface area contributed by atoms with E-state index in [0.29, 0.717) is 12.0 Å². The molecule has 1 aromatic heterocycles. The Morgan fingerprint density at radius 3 is 2.71 bits per heavy atom. The van der Waals surface area contributed by atoms with Gasteiger partial charge in [-0.2, -0.15) is 4.68 Å². The van der Waals surface area contributed by atoms with Gasteiger partial charge in [-0.3, -0.25) is 4.90 Å². The van der Waals surface area contributed by atoms with Crippen molar-refractivity contribution in [3.63, 3.8) is 0 Å². The first-order chi connectivity index (χ1) is 10.4. The minimum atomic E-state index is 0.416. The molecule has 1 aromatic carbocycles. The fraction of sp³-hybridized carbons (Fsp3) is 0.400. The maximum absolute atomic E-state index is 4.10. The average molecular weight is 284 g/mol. The molecule has 2 aromatic rings. The summed E-state index contributed by atoms with van der Waals surface area (Å²) in [5.41, 5.74) is 0.967. The Labute approximate surface area is 124 Å². The number of benzene rings is 1. The molecule has 21 heavy (non-hydrogen) atoms. The van der Waals surface area contributed by atoms with Crippen LogP contribution in [0.2, 0.25) is 0 Å². The Morgan fingerprint density at radius 2 is 2.00 bits per heavy atom. The molecule has 6 nitrogen and oxygen atoms in total. The predicted octanol–water partition coefficient (Wildman–Crippen LogP) is 1.72. The second-order valence-corrected chi connectivity index (χ2v) is 5.26. The number of hydrogen-bond donors (Lipinski definition) is 1. The van der Waals surface area contributed by atoms with E-state index < -0.39 is 0 Å². The van der Waals surface area contributed by atoms with Gasteiger partial charge in [-0.15, -0.1) is 6.58 Å². The topological polar surface area (TPSA) is 58.9 Å². The molecule has 110 valence electrons. The van der Waals surface area contributed by atoms with Gasteiger partial charge in [0.1, 0.15) is 0 Å². The van der Waals surface area contributed by atoms with Gasteiger partial charge in [0.15, 0.2) is 0 Å². The van der Waals surface area contributed by atoms with Crippen molar-refractivity contribution in [2.75, 3.05) is 25.0 Å². The molecule has 0 spiro atoms. The maximum Gasteiger partial charge on any atom is 0.247 e. The highest BCUT2D eigenvalue weighted by atomic mass is 15.6. The molecule has 0 atom stereocenters. The van der Waals surface area contributed by atoms with Gasteiger partial charge < -0.3 is 5.32 Å². The van der Waals surface area contributed by atoms with Crippen LogP contribution < -0.4 is 5.32 Å². The minimum Gasteiger partial charge on any atom is -0.350 e. The first-order valence-corrected chi connectivity index (χ1v) is 7.30. The molecule has 1 fully saturated rings. The van der Waals surface area contributed by atoms with Gasteiger partial charge in [0, 0.05) is 25.7 Å². The number of piperidine rings is 1. The summed E-state index contributed by atoms with van der Waals surface area (Å²) in [6.07, 6.45) is 4.15. The highest BCUT2D eigenvalue weighted by molar-refractivity contribution is 5.38. The first kappa shape index (κ1) is 13.8. The zero-order valence-corrected chi connectivity index (χ0v) is 12.0. The number of hydrogen-bond acceptors (Lipinski definition) is 5. The summed E-state index contributed by atoms with van der Waals surface area (Å²) in [6.45, 7) is 6.92. The van der Waals surface area contributed by atoms with Gasteiger partial charge in [0.05, 0.1) is 5.69 Å². The Balaban J connectivity index is 1.65. The zero-order chi connectivity index (χ0) is 14.5. The van der Waals surface area contributed by atoms with Gasteiger partial charge in [-0.1, -0.05) is 29.4 Å². The molecular formula is C15H20N6. The second kappa shape index (κ2) is 6.49. The van der Waals surface area contributed by atoms with Crippen molar-refractivity contribution in [2.45, 2.75) is 18.9 Å². The van der Waals surface area contributed by atoms with Crippen molar-refractivity contribution in [1.29, 1.82) is 0 Å². The molecule has 0 unspecified atom stereocenters. The van der Waals surface area contributed by atoms with Gasteiger partial charge in [-0.05, 0) is 35.4 Å².